The first-order valence-electron chi connectivity index (χ1n) is 5.84. The molecule has 0 unspecified atom stereocenters. The Kier molecular flexibility index (Phi) is 8.09. The molecule has 0 aromatic heterocycles. The molecule has 4 nitrogen and oxygen atoms in total. The molecule has 4 heteroatoms. The number of rotatable bonds is 7. The van der Waals surface area contributed by atoms with Crippen molar-refractivity contribution < 1.29 is 4.79 Å². The molecule has 90 valence electrons. The van der Waals surface area contributed by atoms with Crippen molar-refractivity contribution in [3.8, 4) is 0 Å². The Labute approximate surface area is 93.2 Å². The van der Waals surface area contributed by atoms with Gasteiger partial charge < -0.3 is 16.0 Å². The van der Waals surface area contributed by atoms with Gasteiger partial charge in [-0.1, -0.05) is 20.8 Å². The van der Waals surface area contributed by atoms with E-state index >= 15 is 0 Å². The van der Waals surface area contributed by atoms with Crippen molar-refractivity contribution in [2.24, 2.45) is 11.7 Å². The minimum atomic E-state index is 0.0407. The molecule has 0 heterocycles. The van der Waals surface area contributed by atoms with Crippen LogP contribution in [-0.4, -0.2) is 37.1 Å². The molecule has 0 aliphatic heterocycles. The molecule has 2 amide bonds. The van der Waals surface area contributed by atoms with Crippen LogP contribution in [0.5, 0.6) is 0 Å². The topological polar surface area (TPSA) is 58.4 Å². The van der Waals surface area contributed by atoms with Crippen molar-refractivity contribution in [3.05, 3.63) is 0 Å². The van der Waals surface area contributed by atoms with E-state index in [-0.39, 0.29) is 6.03 Å². The molecule has 0 saturated carbocycles. The molecule has 0 spiro atoms. The Morgan fingerprint density at radius 3 is 2.60 bits per heavy atom. The quantitative estimate of drug-likeness (QED) is 0.674. The summed E-state index contributed by atoms with van der Waals surface area (Å²) in [5, 5.41) is 2.89. The molecule has 0 aromatic carbocycles. The van der Waals surface area contributed by atoms with Crippen LogP contribution in [0.15, 0.2) is 0 Å². The highest BCUT2D eigenvalue weighted by Gasteiger charge is 2.12. The summed E-state index contributed by atoms with van der Waals surface area (Å²) in [6.07, 6.45) is 1.84. The van der Waals surface area contributed by atoms with Gasteiger partial charge in [-0.3, -0.25) is 0 Å². The van der Waals surface area contributed by atoms with Crippen LogP contribution in [0.4, 0.5) is 4.79 Å². The molecule has 0 saturated heterocycles. The van der Waals surface area contributed by atoms with Crippen LogP contribution in [0.3, 0.4) is 0 Å². The number of hydrogen-bond acceptors (Lipinski definition) is 2. The molecule has 3 N–H and O–H groups in total. The Hall–Kier alpha value is -0.770. The maximum Gasteiger partial charge on any atom is 0.317 e. The fourth-order valence-electron chi connectivity index (χ4n) is 1.34. The summed E-state index contributed by atoms with van der Waals surface area (Å²) in [5.41, 5.74) is 5.45. The molecular weight excluding hydrogens is 190 g/mol. The summed E-state index contributed by atoms with van der Waals surface area (Å²) in [5.74, 6) is 0.496. The van der Waals surface area contributed by atoms with Crippen molar-refractivity contribution in [2.45, 2.75) is 33.6 Å². The molecule has 0 bridgehead atoms. The monoisotopic (exact) mass is 215 g/mol. The second-order valence-corrected chi connectivity index (χ2v) is 4.21. The Morgan fingerprint density at radius 2 is 2.13 bits per heavy atom. The van der Waals surface area contributed by atoms with E-state index in [2.05, 4.69) is 19.2 Å². The normalized spacial score (nSPS) is 10.5. The molecule has 0 aliphatic carbocycles. The van der Waals surface area contributed by atoms with Gasteiger partial charge in [0.2, 0.25) is 0 Å². The summed E-state index contributed by atoms with van der Waals surface area (Å²) >= 11 is 0. The van der Waals surface area contributed by atoms with Crippen molar-refractivity contribution in [1.29, 1.82) is 0 Å². The highest BCUT2D eigenvalue weighted by atomic mass is 16.2. The van der Waals surface area contributed by atoms with Crippen LogP contribution >= 0.6 is 0 Å². The minimum Gasteiger partial charge on any atom is -0.338 e. The van der Waals surface area contributed by atoms with Crippen LogP contribution in [0.25, 0.3) is 0 Å². The average molecular weight is 215 g/mol. The summed E-state index contributed by atoms with van der Waals surface area (Å²) in [6.45, 7) is 9.21. The van der Waals surface area contributed by atoms with Gasteiger partial charge in [-0.05, 0) is 25.3 Å². The SMILES string of the molecule is CCCNC(=O)N(CCCN)CC(C)C. The van der Waals surface area contributed by atoms with Gasteiger partial charge in [-0.15, -0.1) is 0 Å². The first-order chi connectivity index (χ1) is 7.11. The second kappa shape index (κ2) is 8.53. The fraction of sp³-hybridized carbons (Fsp3) is 0.909. The lowest BCUT2D eigenvalue weighted by atomic mass is 10.2. The molecule has 0 radical (unpaired) electrons. The van der Waals surface area contributed by atoms with Crippen LogP contribution in [0.1, 0.15) is 33.6 Å². The van der Waals surface area contributed by atoms with Gasteiger partial charge >= 0.3 is 6.03 Å². The zero-order valence-electron chi connectivity index (χ0n) is 10.3. The molecule has 15 heavy (non-hydrogen) atoms. The zero-order valence-corrected chi connectivity index (χ0v) is 10.3. The van der Waals surface area contributed by atoms with E-state index < -0.39 is 0 Å². The maximum absolute atomic E-state index is 11.7. The molecule has 0 aliphatic rings. The van der Waals surface area contributed by atoms with Crippen LogP contribution in [-0.2, 0) is 0 Å². The number of carbonyl (C=O) groups excluding carboxylic acids is 1. The Morgan fingerprint density at radius 1 is 1.47 bits per heavy atom. The van der Waals surface area contributed by atoms with E-state index in [9.17, 15) is 4.79 Å². The molecule has 0 rings (SSSR count). The smallest absolute Gasteiger partial charge is 0.317 e. The molecular formula is C11H25N3O. The Bertz CT molecular complexity index is 171. The number of hydrogen-bond donors (Lipinski definition) is 2. The van der Waals surface area contributed by atoms with Gasteiger partial charge in [0, 0.05) is 19.6 Å². The van der Waals surface area contributed by atoms with E-state index in [1.807, 2.05) is 11.8 Å². The van der Waals surface area contributed by atoms with Crippen molar-refractivity contribution in [2.75, 3.05) is 26.2 Å². The van der Waals surface area contributed by atoms with Crippen molar-refractivity contribution in [1.82, 2.24) is 10.2 Å². The predicted octanol–water partition coefficient (Wildman–Crippen LogP) is 1.41. The van der Waals surface area contributed by atoms with Gasteiger partial charge in [-0.2, -0.15) is 0 Å². The van der Waals surface area contributed by atoms with E-state index in [1.165, 1.54) is 0 Å². The fourth-order valence-corrected chi connectivity index (χ4v) is 1.34. The predicted molar refractivity (Wildman–Crippen MR) is 63.8 cm³/mol. The third-order valence-electron chi connectivity index (χ3n) is 2.03. The van der Waals surface area contributed by atoms with Gasteiger partial charge in [0.25, 0.3) is 0 Å². The Balaban J connectivity index is 4.02. The maximum atomic E-state index is 11.7. The van der Waals surface area contributed by atoms with Gasteiger partial charge in [0.15, 0.2) is 0 Å². The first-order valence-corrected chi connectivity index (χ1v) is 5.84. The summed E-state index contributed by atoms with van der Waals surface area (Å²) in [4.78, 5) is 13.6. The number of nitrogens with two attached hydrogens (primary N) is 1. The first kappa shape index (κ1) is 14.2. The summed E-state index contributed by atoms with van der Waals surface area (Å²) in [7, 11) is 0. The average Bonchev–Trinajstić information content (AvgIpc) is 2.20. The van der Waals surface area contributed by atoms with Gasteiger partial charge in [0.05, 0.1) is 0 Å². The highest BCUT2D eigenvalue weighted by molar-refractivity contribution is 5.74. The number of carbonyl (C=O) groups is 1. The molecule has 0 fully saturated rings. The number of nitrogens with one attached hydrogen (secondary N) is 1. The van der Waals surface area contributed by atoms with Crippen LogP contribution in [0.2, 0.25) is 0 Å². The largest absolute Gasteiger partial charge is 0.338 e. The summed E-state index contributed by atoms with van der Waals surface area (Å²) in [6, 6.07) is 0.0407. The van der Waals surface area contributed by atoms with Gasteiger partial charge in [0.1, 0.15) is 0 Å². The standard InChI is InChI=1S/C11H25N3O/c1-4-7-13-11(15)14(8-5-6-12)9-10(2)3/h10H,4-9,12H2,1-3H3,(H,13,15). The van der Waals surface area contributed by atoms with Crippen molar-refractivity contribution in [3.63, 3.8) is 0 Å². The summed E-state index contributed by atoms with van der Waals surface area (Å²) < 4.78 is 0. The molecule has 0 aromatic rings. The van der Waals surface area contributed by atoms with Crippen molar-refractivity contribution >= 4 is 6.03 Å². The van der Waals surface area contributed by atoms with Gasteiger partial charge in [-0.25, -0.2) is 4.79 Å². The second-order valence-electron chi connectivity index (χ2n) is 4.21. The lowest BCUT2D eigenvalue weighted by Crippen LogP contribution is -2.43. The lowest BCUT2D eigenvalue weighted by molar-refractivity contribution is 0.190. The number of amides is 2. The lowest BCUT2D eigenvalue weighted by Gasteiger charge is -2.24. The minimum absolute atomic E-state index is 0.0407. The van der Waals surface area contributed by atoms with E-state index in [4.69, 9.17) is 5.73 Å². The third-order valence-corrected chi connectivity index (χ3v) is 2.03. The van der Waals surface area contributed by atoms with E-state index in [1.54, 1.807) is 0 Å². The number of nitrogens with zero attached hydrogens (tertiary/aromatic N) is 1. The van der Waals surface area contributed by atoms with E-state index in [0.717, 1.165) is 32.5 Å². The third kappa shape index (κ3) is 7.19. The van der Waals surface area contributed by atoms with Crippen LogP contribution in [0, 0.1) is 5.92 Å². The highest BCUT2D eigenvalue weighted by Crippen LogP contribution is 2.00. The molecule has 0 atom stereocenters. The van der Waals surface area contributed by atoms with Crippen LogP contribution < -0.4 is 11.1 Å². The van der Waals surface area contributed by atoms with E-state index in [0.29, 0.717) is 12.5 Å². The number of urea groups is 1. The zero-order chi connectivity index (χ0) is 11.7.